The van der Waals surface area contributed by atoms with Gasteiger partial charge in [0.05, 0.1) is 5.69 Å². The molecule has 17 heavy (non-hydrogen) atoms. The monoisotopic (exact) mass is 255 g/mol. The number of pyridine rings is 1. The van der Waals surface area contributed by atoms with Crippen LogP contribution in [0.15, 0.2) is 12.1 Å². The molecule has 0 radical (unpaired) electrons. The third kappa shape index (κ3) is 4.82. The standard InChI is InChI=1S/C13H22ClN3/c1-3-5-6-10(4-2)9-16-13-11(15)7-8-12(14)17-13/h7-8,10H,3-6,9,15H2,1-2H3,(H,16,17). The van der Waals surface area contributed by atoms with Gasteiger partial charge in [0.1, 0.15) is 5.15 Å². The molecule has 3 nitrogen and oxygen atoms in total. The Balaban J connectivity index is 2.50. The van der Waals surface area contributed by atoms with Crippen LogP contribution in [0.5, 0.6) is 0 Å². The van der Waals surface area contributed by atoms with E-state index in [0.29, 0.717) is 22.6 Å². The zero-order valence-corrected chi connectivity index (χ0v) is 11.4. The van der Waals surface area contributed by atoms with Crippen LogP contribution in [0.4, 0.5) is 11.5 Å². The average Bonchev–Trinajstić information content (AvgIpc) is 2.33. The molecule has 1 aromatic rings. The van der Waals surface area contributed by atoms with Crippen molar-refractivity contribution in [1.29, 1.82) is 0 Å². The van der Waals surface area contributed by atoms with Gasteiger partial charge in [-0.2, -0.15) is 0 Å². The van der Waals surface area contributed by atoms with Gasteiger partial charge in [-0.1, -0.05) is 44.7 Å². The molecule has 0 aromatic carbocycles. The number of nitrogen functional groups attached to an aromatic ring is 1. The Labute approximate surface area is 109 Å². The van der Waals surface area contributed by atoms with Crippen LogP contribution in [-0.2, 0) is 0 Å². The third-order valence-electron chi connectivity index (χ3n) is 2.99. The molecule has 0 saturated heterocycles. The highest BCUT2D eigenvalue weighted by Gasteiger charge is 2.07. The fourth-order valence-corrected chi connectivity index (χ4v) is 1.92. The Morgan fingerprint density at radius 2 is 2.18 bits per heavy atom. The van der Waals surface area contributed by atoms with Crippen molar-refractivity contribution in [2.45, 2.75) is 39.5 Å². The number of nitrogens with two attached hydrogens (primary N) is 1. The summed E-state index contributed by atoms with van der Waals surface area (Å²) in [4.78, 5) is 4.19. The first-order valence-corrected chi connectivity index (χ1v) is 6.71. The van der Waals surface area contributed by atoms with E-state index in [0.717, 1.165) is 6.54 Å². The number of halogens is 1. The predicted octanol–water partition coefficient (Wildman–Crippen LogP) is 3.95. The van der Waals surface area contributed by atoms with Gasteiger partial charge in [0, 0.05) is 6.54 Å². The zero-order chi connectivity index (χ0) is 12.7. The molecule has 0 amide bonds. The minimum Gasteiger partial charge on any atom is -0.396 e. The van der Waals surface area contributed by atoms with Gasteiger partial charge in [-0.25, -0.2) is 4.98 Å². The maximum Gasteiger partial charge on any atom is 0.150 e. The van der Waals surface area contributed by atoms with Gasteiger partial charge in [0.15, 0.2) is 5.82 Å². The summed E-state index contributed by atoms with van der Waals surface area (Å²) in [5.74, 6) is 1.38. The van der Waals surface area contributed by atoms with E-state index in [-0.39, 0.29) is 0 Å². The smallest absolute Gasteiger partial charge is 0.150 e. The summed E-state index contributed by atoms with van der Waals surface area (Å²) in [6, 6.07) is 3.49. The van der Waals surface area contributed by atoms with Gasteiger partial charge in [0.2, 0.25) is 0 Å². The predicted molar refractivity (Wildman–Crippen MR) is 75.5 cm³/mol. The van der Waals surface area contributed by atoms with Gasteiger partial charge in [-0.05, 0) is 24.5 Å². The van der Waals surface area contributed by atoms with Crippen LogP contribution >= 0.6 is 11.6 Å². The second kappa shape index (κ2) is 7.38. The van der Waals surface area contributed by atoms with Gasteiger partial charge in [0.25, 0.3) is 0 Å². The summed E-state index contributed by atoms with van der Waals surface area (Å²) < 4.78 is 0. The highest BCUT2D eigenvalue weighted by Crippen LogP contribution is 2.20. The molecular weight excluding hydrogens is 234 g/mol. The first kappa shape index (κ1) is 14.1. The summed E-state index contributed by atoms with van der Waals surface area (Å²) in [6.45, 7) is 5.35. The molecular formula is C13H22ClN3. The maximum atomic E-state index is 5.84. The molecule has 0 spiro atoms. The fraction of sp³-hybridized carbons (Fsp3) is 0.615. The Bertz CT molecular complexity index is 341. The summed E-state index contributed by atoms with van der Waals surface area (Å²) in [6.07, 6.45) is 4.95. The van der Waals surface area contributed by atoms with E-state index in [4.69, 9.17) is 17.3 Å². The van der Waals surface area contributed by atoms with E-state index < -0.39 is 0 Å². The molecule has 0 fully saturated rings. The number of hydrogen-bond donors (Lipinski definition) is 2. The molecule has 96 valence electrons. The first-order chi connectivity index (χ1) is 8.17. The molecule has 0 saturated carbocycles. The molecule has 1 heterocycles. The molecule has 0 aliphatic carbocycles. The molecule has 1 atom stereocenters. The van der Waals surface area contributed by atoms with E-state index in [9.17, 15) is 0 Å². The summed E-state index contributed by atoms with van der Waals surface area (Å²) in [5, 5.41) is 3.77. The van der Waals surface area contributed by atoms with Crippen molar-refractivity contribution < 1.29 is 0 Å². The van der Waals surface area contributed by atoms with E-state index in [1.54, 1.807) is 12.1 Å². The Kier molecular flexibility index (Phi) is 6.12. The lowest BCUT2D eigenvalue weighted by Gasteiger charge is -2.16. The SMILES string of the molecule is CCCCC(CC)CNc1nc(Cl)ccc1N. The minimum atomic E-state index is 0.475. The maximum absolute atomic E-state index is 5.84. The number of hydrogen-bond acceptors (Lipinski definition) is 3. The number of nitrogens with one attached hydrogen (secondary N) is 1. The highest BCUT2D eigenvalue weighted by atomic mass is 35.5. The lowest BCUT2D eigenvalue weighted by atomic mass is 9.99. The van der Waals surface area contributed by atoms with E-state index in [1.807, 2.05) is 0 Å². The quantitative estimate of drug-likeness (QED) is 0.726. The highest BCUT2D eigenvalue weighted by molar-refractivity contribution is 6.29. The van der Waals surface area contributed by atoms with Gasteiger partial charge in [-0.3, -0.25) is 0 Å². The number of anilines is 2. The van der Waals surface area contributed by atoms with Crippen molar-refractivity contribution >= 4 is 23.1 Å². The summed E-state index contributed by atoms with van der Waals surface area (Å²) in [5.41, 5.74) is 6.49. The molecule has 1 aromatic heterocycles. The summed E-state index contributed by atoms with van der Waals surface area (Å²) in [7, 11) is 0. The minimum absolute atomic E-state index is 0.475. The largest absolute Gasteiger partial charge is 0.396 e. The molecule has 3 N–H and O–H groups in total. The second-order valence-corrected chi connectivity index (χ2v) is 4.76. The Morgan fingerprint density at radius 3 is 2.82 bits per heavy atom. The van der Waals surface area contributed by atoms with Crippen molar-refractivity contribution in [3.63, 3.8) is 0 Å². The van der Waals surface area contributed by atoms with Crippen LogP contribution in [0.2, 0.25) is 5.15 Å². The topological polar surface area (TPSA) is 50.9 Å². The number of aromatic nitrogens is 1. The fourth-order valence-electron chi connectivity index (χ4n) is 1.77. The van der Waals surface area contributed by atoms with E-state index in [1.165, 1.54) is 25.7 Å². The molecule has 0 aliphatic rings. The first-order valence-electron chi connectivity index (χ1n) is 6.33. The molecule has 1 rings (SSSR count). The number of unbranched alkanes of at least 4 members (excludes halogenated alkanes) is 1. The molecule has 0 bridgehead atoms. The zero-order valence-electron chi connectivity index (χ0n) is 10.7. The van der Waals surface area contributed by atoms with Gasteiger partial charge >= 0.3 is 0 Å². The van der Waals surface area contributed by atoms with Gasteiger partial charge < -0.3 is 11.1 Å². The van der Waals surface area contributed by atoms with Crippen LogP contribution in [-0.4, -0.2) is 11.5 Å². The van der Waals surface area contributed by atoms with Crippen LogP contribution < -0.4 is 11.1 Å². The van der Waals surface area contributed by atoms with E-state index in [2.05, 4.69) is 24.1 Å². The molecule has 4 heteroatoms. The van der Waals surface area contributed by atoms with Crippen LogP contribution in [0.1, 0.15) is 39.5 Å². The van der Waals surface area contributed by atoms with Crippen molar-refractivity contribution in [2.24, 2.45) is 5.92 Å². The van der Waals surface area contributed by atoms with Crippen LogP contribution in [0.3, 0.4) is 0 Å². The number of rotatable bonds is 7. The molecule has 1 unspecified atom stereocenters. The van der Waals surface area contributed by atoms with Crippen molar-refractivity contribution in [3.05, 3.63) is 17.3 Å². The third-order valence-corrected chi connectivity index (χ3v) is 3.20. The van der Waals surface area contributed by atoms with Crippen LogP contribution in [0.25, 0.3) is 0 Å². The van der Waals surface area contributed by atoms with Crippen molar-refractivity contribution in [1.82, 2.24) is 4.98 Å². The Hall–Kier alpha value is -0.960. The normalized spacial score (nSPS) is 12.4. The van der Waals surface area contributed by atoms with Crippen LogP contribution in [0, 0.1) is 5.92 Å². The second-order valence-electron chi connectivity index (χ2n) is 4.37. The average molecular weight is 256 g/mol. The summed E-state index contributed by atoms with van der Waals surface area (Å²) >= 11 is 5.84. The number of nitrogens with zero attached hydrogens (tertiary/aromatic N) is 1. The van der Waals surface area contributed by atoms with Crippen molar-refractivity contribution in [2.75, 3.05) is 17.6 Å². The van der Waals surface area contributed by atoms with E-state index >= 15 is 0 Å². The van der Waals surface area contributed by atoms with Gasteiger partial charge in [-0.15, -0.1) is 0 Å². The Morgan fingerprint density at radius 1 is 1.41 bits per heavy atom. The lowest BCUT2D eigenvalue weighted by molar-refractivity contribution is 0.472. The lowest BCUT2D eigenvalue weighted by Crippen LogP contribution is -2.15. The van der Waals surface area contributed by atoms with Crippen molar-refractivity contribution in [3.8, 4) is 0 Å². The molecule has 0 aliphatic heterocycles.